The van der Waals surface area contributed by atoms with Gasteiger partial charge in [0, 0.05) is 18.7 Å². The molecule has 0 aliphatic carbocycles. The number of hydrogen-bond acceptors (Lipinski definition) is 5. The van der Waals surface area contributed by atoms with Crippen molar-refractivity contribution in [3.05, 3.63) is 53.6 Å². The zero-order valence-electron chi connectivity index (χ0n) is 16.1. The van der Waals surface area contributed by atoms with E-state index in [9.17, 15) is 13.2 Å². The molecule has 8 heteroatoms. The normalized spacial score (nSPS) is 11.1. The van der Waals surface area contributed by atoms with Gasteiger partial charge in [-0.15, -0.1) is 0 Å². The van der Waals surface area contributed by atoms with Gasteiger partial charge in [0.25, 0.3) is 5.91 Å². The topological polar surface area (TPSA) is 99.5 Å². The summed E-state index contributed by atoms with van der Waals surface area (Å²) in [7, 11) is -3.58. The van der Waals surface area contributed by atoms with E-state index < -0.39 is 15.9 Å². The summed E-state index contributed by atoms with van der Waals surface area (Å²) in [5.41, 5.74) is 1.06. The first kappa shape index (κ1) is 21.4. The highest BCUT2D eigenvalue weighted by Gasteiger charge is 2.21. The minimum atomic E-state index is -3.58. The van der Waals surface area contributed by atoms with Crippen LogP contribution in [0, 0.1) is 11.3 Å². The maximum atomic E-state index is 12.6. The Bertz CT molecular complexity index is 976. The van der Waals surface area contributed by atoms with E-state index in [-0.39, 0.29) is 4.90 Å². The molecule has 1 N–H and O–H groups in total. The van der Waals surface area contributed by atoms with E-state index in [1.165, 1.54) is 34.6 Å². The summed E-state index contributed by atoms with van der Waals surface area (Å²) in [5, 5.41) is 11.8. The molecule has 2 aromatic carbocycles. The highest BCUT2D eigenvalue weighted by molar-refractivity contribution is 7.89. The van der Waals surface area contributed by atoms with Crippen LogP contribution in [0.15, 0.2) is 47.4 Å². The molecule has 0 heterocycles. The summed E-state index contributed by atoms with van der Waals surface area (Å²) >= 11 is 0. The first-order valence-electron chi connectivity index (χ1n) is 8.95. The summed E-state index contributed by atoms with van der Waals surface area (Å²) in [5.74, 6) is 0.0263. The molecular weight excluding hydrogens is 378 g/mol. The van der Waals surface area contributed by atoms with Gasteiger partial charge in [-0.3, -0.25) is 4.79 Å². The second kappa shape index (κ2) is 9.35. The Morgan fingerprint density at radius 2 is 1.75 bits per heavy atom. The number of nitrogens with zero attached hydrogens (tertiary/aromatic N) is 2. The lowest BCUT2D eigenvalue weighted by atomic mass is 10.1. The van der Waals surface area contributed by atoms with Crippen LogP contribution >= 0.6 is 0 Å². The average Bonchev–Trinajstić information content (AvgIpc) is 2.70. The van der Waals surface area contributed by atoms with Crippen molar-refractivity contribution in [2.75, 3.05) is 25.0 Å². The first-order valence-corrected chi connectivity index (χ1v) is 10.4. The van der Waals surface area contributed by atoms with Crippen LogP contribution in [0.5, 0.6) is 5.75 Å². The average molecular weight is 401 g/mol. The van der Waals surface area contributed by atoms with Gasteiger partial charge < -0.3 is 10.1 Å². The van der Waals surface area contributed by atoms with E-state index in [0.29, 0.717) is 42.3 Å². The fraction of sp³-hybridized carbons (Fsp3) is 0.300. The third kappa shape index (κ3) is 4.68. The number of benzene rings is 2. The monoisotopic (exact) mass is 401 g/mol. The molecule has 0 aliphatic heterocycles. The van der Waals surface area contributed by atoms with Crippen molar-refractivity contribution in [1.82, 2.24) is 4.31 Å². The Hall–Kier alpha value is -2.89. The molecule has 148 valence electrons. The maximum Gasteiger partial charge on any atom is 0.255 e. The van der Waals surface area contributed by atoms with Crippen LogP contribution in [0.1, 0.15) is 36.7 Å². The molecule has 0 aliphatic rings. The summed E-state index contributed by atoms with van der Waals surface area (Å²) in [6.07, 6.45) is 0. The predicted octanol–water partition coefficient (Wildman–Crippen LogP) is 3.24. The third-order valence-electron chi connectivity index (χ3n) is 4.12. The number of nitrogens with one attached hydrogen (secondary N) is 1. The van der Waals surface area contributed by atoms with Gasteiger partial charge in [-0.05, 0) is 49.4 Å². The van der Waals surface area contributed by atoms with Gasteiger partial charge in [0.2, 0.25) is 10.0 Å². The minimum absolute atomic E-state index is 0.134. The molecule has 0 unspecified atom stereocenters. The van der Waals surface area contributed by atoms with Gasteiger partial charge in [0.05, 0.1) is 28.8 Å². The van der Waals surface area contributed by atoms with Crippen LogP contribution in [0.2, 0.25) is 0 Å². The number of hydrogen-bond donors (Lipinski definition) is 1. The number of sulfonamides is 1. The second-order valence-corrected chi connectivity index (χ2v) is 7.76. The van der Waals surface area contributed by atoms with E-state index in [2.05, 4.69) is 5.32 Å². The number of ether oxygens (including phenoxy) is 1. The Labute approximate surface area is 165 Å². The highest BCUT2D eigenvalue weighted by Crippen LogP contribution is 2.26. The molecule has 0 aromatic heterocycles. The van der Waals surface area contributed by atoms with E-state index >= 15 is 0 Å². The molecular formula is C20H23N3O4S. The van der Waals surface area contributed by atoms with Gasteiger partial charge in [0.1, 0.15) is 5.75 Å². The van der Waals surface area contributed by atoms with Crippen molar-refractivity contribution in [1.29, 1.82) is 5.26 Å². The third-order valence-corrected chi connectivity index (χ3v) is 6.18. The summed E-state index contributed by atoms with van der Waals surface area (Å²) in [6, 6.07) is 12.5. The van der Waals surface area contributed by atoms with E-state index in [4.69, 9.17) is 10.00 Å². The van der Waals surface area contributed by atoms with Gasteiger partial charge in [-0.2, -0.15) is 9.57 Å². The van der Waals surface area contributed by atoms with Gasteiger partial charge in [-0.25, -0.2) is 8.42 Å². The van der Waals surface area contributed by atoms with Crippen LogP contribution in [0.25, 0.3) is 0 Å². The van der Waals surface area contributed by atoms with Crippen LogP contribution in [-0.4, -0.2) is 38.3 Å². The molecule has 2 rings (SSSR count). The minimum Gasteiger partial charge on any atom is -0.492 e. The van der Waals surface area contributed by atoms with Crippen molar-refractivity contribution in [3.8, 4) is 11.8 Å². The number of nitriles is 1. The molecule has 0 atom stereocenters. The zero-order chi connectivity index (χ0) is 20.7. The second-order valence-electron chi connectivity index (χ2n) is 5.82. The van der Waals surface area contributed by atoms with Crippen LogP contribution in [-0.2, 0) is 10.0 Å². The van der Waals surface area contributed by atoms with Gasteiger partial charge in [0.15, 0.2) is 0 Å². The summed E-state index contributed by atoms with van der Waals surface area (Å²) < 4.78 is 31.9. The number of amides is 1. The quantitative estimate of drug-likeness (QED) is 0.732. The van der Waals surface area contributed by atoms with E-state index in [0.717, 1.165) is 0 Å². The Morgan fingerprint density at radius 1 is 1.11 bits per heavy atom. The molecule has 0 fully saturated rings. The lowest BCUT2D eigenvalue weighted by Crippen LogP contribution is -2.30. The number of carbonyl (C=O) groups is 1. The predicted molar refractivity (Wildman–Crippen MR) is 107 cm³/mol. The summed E-state index contributed by atoms with van der Waals surface area (Å²) in [6.45, 7) is 6.51. The van der Waals surface area contributed by atoms with E-state index in [1.807, 2.05) is 13.0 Å². The summed E-state index contributed by atoms with van der Waals surface area (Å²) in [4.78, 5) is 12.7. The molecule has 0 saturated carbocycles. The number of rotatable bonds is 8. The van der Waals surface area contributed by atoms with Gasteiger partial charge in [-0.1, -0.05) is 13.8 Å². The SMILES string of the molecule is CCOc1ccc(C#N)cc1NC(=O)c1ccc(S(=O)(=O)N(CC)CC)cc1. The first-order chi connectivity index (χ1) is 13.4. The van der Waals surface area contributed by atoms with Crippen LogP contribution < -0.4 is 10.1 Å². The maximum absolute atomic E-state index is 12.6. The van der Waals surface area contributed by atoms with Crippen molar-refractivity contribution in [2.45, 2.75) is 25.7 Å². The lowest BCUT2D eigenvalue weighted by Gasteiger charge is -2.18. The fourth-order valence-electron chi connectivity index (χ4n) is 2.66. The Balaban J connectivity index is 2.26. The smallest absolute Gasteiger partial charge is 0.255 e. The molecule has 0 radical (unpaired) electrons. The van der Waals surface area contributed by atoms with Crippen molar-refractivity contribution in [2.24, 2.45) is 0 Å². The molecule has 1 amide bonds. The Kier molecular flexibility index (Phi) is 7.15. The van der Waals surface area contributed by atoms with Crippen LogP contribution in [0.3, 0.4) is 0 Å². The number of anilines is 1. The van der Waals surface area contributed by atoms with E-state index in [1.54, 1.807) is 26.0 Å². The fourth-order valence-corrected chi connectivity index (χ4v) is 4.12. The van der Waals surface area contributed by atoms with Crippen molar-refractivity contribution in [3.63, 3.8) is 0 Å². The molecule has 7 nitrogen and oxygen atoms in total. The van der Waals surface area contributed by atoms with Crippen molar-refractivity contribution < 1.29 is 17.9 Å². The van der Waals surface area contributed by atoms with Crippen molar-refractivity contribution >= 4 is 21.6 Å². The molecule has 0 spiro atoms. The highest BCUT2D eigenvalue weighted by atomic mass is 32.2. The standard InChI is InChI=1S/C20H23N3O4S/c1-4-23(5-2)28(25,26)17-10-8-16(9-11-17)20(24)22-18-13-15(14-21)7-12-19(18)27-6-3/h7-13H,4-6H2,1-3H3,(H,22,24). The Morgan fingerprint density at radius 3 is 2.29 bits per heavy atom. The zero-order valence-corrected chi connectivity index (χ0v) is 16.9. The molecule has 28 heavy (non-hydrogen) atoms. The number of carbonyl (C=O) groups excluding carboxylic acids is 1. The molecule has 2 aromatic rings. The van der Waals surface area contributed by atoms with Crippen LogP contribution in [0.4, 0.5) is 5.69 Å². The largest absolute Gasteiger partial charge is 0.492 e. The lowest BCUT2D eigenvalue weighted by molar-refractivity contribution is 0.102. The van der Waals surface area contributed by atoms with Gasteiger partial charge >= 0.3 is 0 Å². The molecule has 0 bridgehead atoms. The molecule has 0 saturated heterocycles.